The Bertz CT molecular complexity index is 307. The van der Waals surface area contributed by atoms with Crippen LogP contribution in [0, 0.1) is 0 Å². The molecule has 4 heteroatoms. The highest BCUT2D eigenvalue weighted by molar-refractivity contribution is 7.09. The molecule has 1 aromatic heterocycles. The first-order chi connectivity index (χ1) is 7.31. The van der Waals surface area contributed by atoms with Gasteiger partial charge in [0.1, 0.15) is 11.1 Å². The largest absolute Gasteiger partial charge is 0.396 e. The molecule has 1 fully saturated rings. The van der Waals surface area contributed by atoms with Gasteiger partial charge in [-0.05, 0) is 19.3 Å². The highest BCUT2D eigenvalue weighted by Gasteiger charge is 2.20. The summed E-state index contributed by atoms with van der Waals surface area (Å²) in [5.74, 6) is 0.138. The quantitative estimate of drug-likeness (QED) is 0.862. The van der Waals surface area contributed by atoms with Gasteiger partial charge in [-0.25, -0.2) is 4.98 Å². The highest BCUT2D eigenvalue weighted by Crippen LogP contribution is 2.31. The minimum absolute atomic E-state index is 0.138. The van der Waals surface area contributed by atoms with E-state index in [1.165, 1.54) is 12.8 Å². The van der Waals surface area contributed by atoms with Gasteiger partial charge < -0.3 is 9.84 Å². The molecule has 1 N–H and O–H groups in total. The zero-order chi connectivity index (χ0) is 10.7. The second-order valence-electron chi connectivity index (χ2n) is 4.05. The number of thiazole rings is 1. The lowest BCUT2D eigenvalue weighted by Gasteiger charge is -2.20. The van der Waals surface area contributed by atoms with Crippen LogP contribution in [0.2, 0.25) is 0 Å². The molecule has 0 aromatic carbocycles. The average molecular weight is 227 g/mol. The molecule has 2 heterocycles. The van der Waals surface area contributed by atoms with Crippen molar-refractivity contribution in [3.63, 3.8) is 0 Å². The topological polar surface area (TPSA) is 42.4 Å². The summed E-state index contributed by atoms with van der Waals surface area (Å²) in [7, 11) is 0. The molecule has 0 saturated carbocycles. The van der Waals surface area contributed by atoms with Gasteiger partial charge in [0.2, 0.25) is 0 Å². The summed E-state index contributed by atoms with van der Waals surface area (Å²) in [5.41, 5.74) is 0.992. The maximum absolute atomic E-state index is 9.04. The molecule has 84 valence electrons. The van der Waals surface area contributed by atoms with E-state index in [4.69, 9.17) is 9.84 Å². The van der Waals surface area contributed by atoms with Gasteiger partial charge in [-0.3, -0.25) is 0 Å². The predicted molar refractivity (Wildman–Crippen MR) is 60.2 cm³/mol. The van der Waals surface area contributed by atoms with Crippen LogP contribution in [0.5, 0.6) is 0 Å². The van der Waals surface area contributed by atoms with Gasteiger partial charge in [0, 0.05) is 17.9 Å². The van der Waals surface area contributed by atoms with Crippen LogP contribution >= 0.6 is 11.3 Å². The number of hydrogen-bond donors (Lipinski definition) is 1. The summed E-state index contributed by atoms with van der Waals surface area (Å²) in [6.07, 6.45) is 3.68. The number of aromatic nitrogens is 1. The first-order valence-electron chi connectivity index (χ1n) is 5.49. The van der Waals surface area contributed by atoms with Crippen molar-refractivity contribution in [3.05, 3.63) is 16.1 Å². The van der Waals surface area contributed by atoms with E-state index in [2.05, 4.69) is 4.98 Å². The van der Waals surface area contributed by atoms with Crippen LogP contribution in [0.15, 0.2) is 5.38 Å². The third-order valence-corrected chi connectivity index (χ3v) is 3.73. The van der Waals surface area contributed by atoms with Crippen molar-refractivity contribution in [1.29, 1.82) is 0 Å². The van der Waals surface area contributed by atoms with Crippen LogP contribution in [0.25, 0.3) is 0 Å². The molecule has 0 amide bonds. The molecule has 1 aliphatic heterocycles. The molecule has 2 rings (SSSR count). The molecule has 1 aliphatic rings. The van der Waals surface area contributed by atoms with Crippen molar-refractivity contribution >= 4 is 11.3 Å². The molecule has 1 aromatic rings. The highest BCUT2D eigenvalue weighted by atomic mass is 32.1. The first-order valence-corrected chi connectivity index (χ1v) is 6.37. The summed E-state index contributed by atoms with van der Waals surface area (Å²) in [5, 5.41) is 12.2. The summed E-state index contributed by atoms with van der Waals surface area (Å²) < 4.78 is 5.68. The minimum atomic E-state index is 0.138. The van der Waals surface area contributed by atoms with E-state index in [1.54, 1.807) is 11.3 Å². The van der Waals surface area contributed by atoms with Crippen molar-refractivity contribution in [2.45, 2.75) is 38.2 Å². The van der Waals surface area contributed by atoms with Crippen LogP contribution < -0.4 is 0 Å². The Kier molecular flexibility index (Phi) is 3.72. The van der Waals surface area contributed by atoms with E-state index < -0.39 is 0 Å². The Hall–Kier alpha value is -0.450. The summed E-state index contributed by atoms with van der Waals surface area (Å²) >= 11 is 1.65. The number of hydrogen-bond acceptors (Lipinski definition) is 4. The number of aliphatic hydroxyl groups is 1. The van der Waals surface area contributed by atoms with Crippen molar-refractivity contribution in [3.8, 4) is 0 Å². The van der Waals surface area contributed by atoms with Crippen LogP contribution in [0.1, 0.15) is 48.9 Å². The minimum Gasteiger partial charge on any atom is -0.396 e. The maximum atomic E-state index is 9.04. The van der Waals surface area contributed by atoms with Gasteiger partial charge in [0.15, 0.2) is 0 Å². The van der Waals surface area contributed by atoms with Gasteiger partial charge in [0.05, 0.1) is 12.3 Å². The average Bonchev–Trinajstić information content (AvgIpc) is 2.78. The second-order valence-corrected chi connectivity index (χ2v) is 4.94. The van der Waals surface area contributed by atoms with Crippen LogP contribution in [-0.2, 0) is 4.74 Å². The van der Waals surface area contributed by atoms with Gasteiger partial charge >= 0.3 is 0 Å². The summed E-state index contributed by atoms with van der Waals surface area (Å²) in [6.45, 7) is 3.00. The number of rotatable bonds is 3. The molecule has 0 radical (unpaired) electrons. The predicted octanol–water partition coefficient (Wildman–Crippen LogP) is 2.48. The SMILES string of the molecule is CC(CO)c1csc(C2CCCCO2)n1. The first kappa shape index (κ1) is 11.0. The number of nitrogens with zero attached hydrogens (tertiary/aromatic N) is 1. The van der Waals surface area contributed by atoms with E-state index in [9.17, 15) is 0 Å². The Labute approximate surface area is 94.1 Å². The van der Waals surface area contributed by atoms with E-state index in [1.807, 2.05) is 12.3 Å². The van der Waals surface area contributed by atoms with Gasteiger partial charge in [-0.15, -0.1) is 11.3 Å². The van der Waals surface area contributed by atoms with Gasteiger partial charge in [-0.1, -0.05) is 6.92 Å². The molecule has 0 spiro atoms. The zero-order valence-corrected chi connectivity index (χ0v) is 9.80. The van der Waals surface area contributed by atoms with Crippen molar-refractivity contribution in [2.75, 3.05) is 13.2 Å². The Morgan fingerprint density at radius 2 is 2.53 bits per heavy atom. The normalized spacial score (nSPS) is 24.0. The third-order valence-electron chi connectivity index (χ3n) is 2.77. The standard InChI is InChI=1S/C11H17NO2S/c1-8(6-13)9-7-15-11(12-9)10-4-2-3-5-14-10/h7-8,10,13H,2-6H2,1H3. The van der Waals surface area contributed by atoms with Gasteiger partial charge in [-0.2, -0.15) is 0 Å². The lowest BCUT2D eigenvalue weighted by Crippen LogP contribution is -2.11. The summed E-state index contributed by atoms with van der Waals surface area (Å²) in [6, 6.07) is 0. The Morgan fingerprint density at radius 1 is 1.67 bits per heavy atom. The fourth-order valence-corrected chi connectivity index (χ4v) is 2.73. The maximum Gasteiger partial charge on any atom is 0.122 e. The molecule has 3 nitrogen and oxygen atoms in total. The third kappa shape index (κ3) is 2.56. The molecule has 2 atom stereocenters. The van der Waals surface area contributed by atoms with Crippen LogP contribution in [0.4, 0.5) is 0 Å². The van der Waals surface area contributed by atoms with Gasteiger partial charge in [0.25, 0.3) is 0 Å². The number of aliphatic hydroxyl groups excluding tert-OH is 1. The smallest absolute Gasteiger partial charge is 0.122 e. The molecular weight excluding hydrogens is 210 g/mol. The molecule has 1 saturated heterocycles. The molecule has 15 heavy (non-hydrogen) atoms. The summed E-state index contributed by atoms with van der Waals surface area (Å²) in [4.78, 5) is 4.54. The Balaban J connectivity index is 2.05. The van der Waals surface area contributed by atoms with E-state index in [0.717, 1.165) is 23.7 Å². The fraction of sp³-hybridized carbons (Fsp3) is 0.727. The fourth-order valence-electron chi connectivity index (χ4n) is 1.70. The van der Waals surface area contributed by atoms with Crippen molar-refractivity contribution < 1.29 is 9.84 Å². The van der Waals surface area contributed by atoms with E-state index in [0.29, 0.717) is 0 Å². The van der Waals surface area contributed by atoms with E-state index >= 15 is 0 Å². The molecule has 2 unspecified atom stereocenters. The van der Waals surface area contributed by atoms with Crippen molar-refractivity contribution in [2.24, 2.45) is 0 Å². The monoisotopic (exact) mass is 227 g/mol. The van der Waals surface area contributed by atoms with E-state index in [-0.39, 0.29) is 18.6 Å². The zero-order valence-electron chi connectivity index (χ0n) is 8.98. The van der Waals surface area contributed by atoms with Crippen LogP contribution in [0.3, 0.4) is 0 Å². The van der Waals surface area contributed by atoms with Crippen LogP contribution in [-0.4, -0.2) is 23.3 Å². The Morgan fingerprint density at radius 3 is 3.20 bits per heavy atom. The number of ether oxygens (including phenoxy) is 1. The van der Waals surface area contributed by atoms with Crippen molar-refractivity contribution in [1.82, 2.24) is 4.98 Å². The lowest BCUT2D eigenvalue weighted by molar-refractivity contribution is 0.0147. The lowest BCUT2D eigenvalue weighted by atomic mass is 10.1. The second kappa shape index (κ2) is 5.05. The molecular formula is C11H17NO2S. The molecule has 0 bridgehead atoms. The molecule has 0 aliphatic carbocycles.